The predicted molar refractivity (Wildman–Crippen MR) is 95.0 cm³/mol. The molecule has 1 aliphatic carbocycles. The summed E-state index contributed by atoms with van der Waals surface area (Å²) in [6, 6.07) is 0.356. The van der Waals surface area contributed by atoms with Gasteiger partial charge in [0.15, 0.2) is 0 Å². The molecule has 3 aliphatic rings. The lowest BCUT2D eigenvalue weighted by atomic mass is 9.89. The third-order valence-electron chi connectivity index (χ3n) is 5.81. The number of piperazine rings is 1. The first-order valence-corrected chi connectivity index (χ1v) is 9.74. The Kier molecular flexibility index (Phi) is 6.30. The molecule has 7 nitrogen and oxygen atoms in total. The molecule has 0 bridgehead atoms. The number of nitrogens with zero attached hydrogens (tertiary/aromatic N) is 2. The van der Waals surface area contributed by atoms with Gasteiger partial charge in [-0.3, -0.25) is 14.5 Å². The molecule has 0 atom stereocenters. The van der Waals surface area contributed by atoms with Crippen molar-refractivity contribution >= 4 is 11.8 Å². The molecular weight excluding hydrogens is 320 g/mol. The summed E-state index contributed by atoms with van der Waals surface area (Å²) < 4.78 is 5.32. The van der Waals surface area contributed by atoms with Gasteiger partial charge in [0.2, 0.25) is 11.8 Å². The molecule has 0 unspecified atom stereocenters. The van der Waals surface area contributed by atoms with Gasteiger partial charge < -0.3 is 20.7 Å². The Balaban J connectivity index is 1.40. The van der Waals surface area contributed by atoms with Crippen LogP contribution in [0.25, 0.3) is 0 Å². The number of ether oxygens (including phenoxy) is 1. The fourth-order valence-corrected chi connectivity index (χ4v) is 4.10. The largest absolute Gasteiger partial charge is 0.381 e. The van der Waals surface area contributed by atoms with E-state index >= 15 is 0 Å². The summed E-state index contributed by atoms with van der Waals surface area (Å²) in [5.74, 6) is 0.161. The van der Waals surface area contributed by atoms with Crippen molar-refractivity contribution in [1.29, 1.82) is 0 Å². The van der Waals surface area contributed by atoms with Crippen molar-refractivity contribution < 1.29 is 14.3 Å². The van der Waals surface area contributed by atoms with Crippen LogP contribution in [-0.4, -0.2) is 79.1 Å². The quantitative estimate of drug-likeness (QED) is 0.749. The van der Waals surface area contributed by atoms with E-state index in [9.17, 15) is 9.59 Å². The molecule has 2 saturated heterocycles. The molecule has 142 valence electrons. The topological polar surface area (TPSA) is 87.9 Å². The van der Waals surface area contributed by atoms with E-state index in [4.69, 9.17) is 10.5 Å². The van der Waals surface area contributed by atoms with Gasteiger partial charge in [-0.05, 0) is 25.7 Å². The molecule has 3 fully saturated rings. The van der Waals surface area contributed by atoms with Gasteiger partial charge in [-0.25, -0.2) is 0 Å². The van der Waals surface area contributed by atoms with E-state index in [1.165, 1.54) is 19.3 Å². The van der Waals surface area contributed by atoms with Gasteiger partial charge in [0.25, 0.3) is 0 Å². The summed E-state index contributed by atoms with van der Waals surface area (Å²) in [4.78, 5) is 28.9. The van der Waals surface area contributed by atoms with E-state index < -0.39 is 5.54 Å². The van der Waals surface area contributed by atoms with E-state index in [1.54, 1.807) is 0 Å². The molecule has 25 heavy (non-hydrogen) atoms. The van der Waals surface area contributed by atoms with Crippen LogP contribution in [0.3, 0.4) is 0 Å². The van der Waals surface area contributed by atoms with Crippen LogP contribution >= 0.6 is 0 Å². The molecule has 0 spiro atoms. The van der Waals surface area contributed by atoms with E-state index in [-0.39, 0.29) is 11.8 Å². The first-order chi connectivity index (χ1) is 12.1. The molecule has 0 radical (unpaired) electrons. The van der Waals surface area contributed by atoms with Gasteiger partial charge in [0.1, 0.15) is 0 Å². The molecule has 3 N–H and O–H groups in total. The lowest BCUT2D eigenvalue weighted by Crippen LogP contribution is -2.61. The molecule has 3 rings (SSSR count). The summed E-state index contributed by atoms with van der Waals surface area (Å²) in [6.45, 7) is 4.31. The van der Waals surface area contributed by atoms with Crippen LogP contribution in [0, 0.1) is 0 Å². The smallest absolute Gasteiger partial charge is 0.242 e. The van der Waals surface area contributed by atoms with Crippen molar-refractivity contribution in [3.63, 3.8) is 0 Å². The minimum absolute atomic E-state index is 0.0436. The second-order valence-corrected chi connectivity index (χ2v) is 7.74. The number of hydrogen-bond acceptors (Lipinski definition) is 5. The minimum atomic E-state index is -0.765. The third-order valence-corrected chi connectivity index (χ3v) is 5.81. The molecule has 2 amide bonds. The second kappa shape index (κ2) is 8.47. The summed E-state index contributed by atoms with van der Waals surface area (Å²) in [5.41, 5.74) is 5.54. The normalized spacial score (nSPS) is 25.6. The van der Waals surface area contributed by atoms with Crippen molar-refractivity contribution in [1.82, 2.24) is 15.1 Å². The van der Waals surface area contributed by atoms with E-state index in [0.717, 1.165) is 25.9 Å². The van der Waals surface area contributed by atoms with Gasteiger partial charge >= 0.3 is 0 Å². The molecule has 0 aromatic carbocycles. The van der Waals surface area contributed by atoms with E-state index in [0.29, 0.717) is 51.7 Å². The van der Waals surface area contributed by atoms with Crippen LogP contribution in [0.5, 0.6) is 0 Å². The standard InChI is InChI=1S/C18H32N4O3/c19-18(6-12-25-13-7-18)17(24)22-10-8-21(9-11-22)14-16(23)20-15-4-2-1-3-5-15/h15H,1-14,19H2,(H,20,23). The molecule has 2 heterocycles. The van der Waals surface area contributed by atoms with Gasteiger partial charge in [0, 0.05) is 45.4 Å². The van der Waals surface area contributed by atoms with Crippen molar-refractivity contribution in [2.75, 3.05) is 45.9 Å². The van der Waals surface area contributed by atoms with E-state index in [1.807, 2.05) is 4.90 Å². The number of nitrogens with one attached hydrogen (secondary N) is 1. The maximum absolute atomic E-state index is 12.7. The maximum Gasteiger partial charge on any atom is 0.242 e. The second-order valence-electron chi connectivity index (χ2n) is 7.74. The fourth-order valence-electron chi connectivity index (χ4n) is 4.10. The van der Waals surface area contributed by atoms with Gasteiger partial charge in [-0.1, -0.05) is 19.3 Å². The first kappa shape index (κ1) is 18.6. The zero-order valence-corrected chi connectivity index (χ0v) is 15.2. The van der Waals surface area contributed by atoms with Crippen molar-refractivity contribution in [3.8, 4) is 0 Å². The molecule has 0 aromatic rings. The highest BCUT2D eigenvalue weighted by Crippen LogP contribution is 2.21. The minimum Gasteiger partial charge on any atom is -0.381 e. The number of rotatable bonds is 4. The molecular formula is C18H32N4O3. The zero-order valence-electron chi connectivity index (χ0n) is 15.2. The third kappa shape index (κ3) is 4.92. The Morgan fingerprint density at radius 2 is 1.68 bits per heavy atom. The molecule has 2 aliphatic heterocycles. The lowest BCUT2D eigenvalue weighted by molar-refractivity contribution is -0.142. The Morgan fingerprint density at radius 1 is 1.04 bits per heavy atom. The molecule has 0 aromatic heterocycles. The van der Waals surface area contributed by atoms with Gasteiger partial charge in [0.05, 0.1) is 12.1 Å². The Labute approximate surface area is 150 Å². The molecule has 7 heteroatoms. The number of hydrogen-bond donors (Lipinski definition) is 2. The van der Waals surface area contributed by atoms with Crippen molar-refractivity contribution in [2.24, 2.45) is 5.73 Å². The molecule has 1 saturated carbocycles. The van der Waals surface area contributed by atoms with Crippen LogP contribution in [-0.2, 0) is 14.3 Å². The monoisotopic (exact) mass is 352 g/mol. The van der Waals surface area contributed by atoms with Crippen LogP contribution in [0.2, 0.25) is 0 Å². The van der Waals surface area contributed by atoms with Crippen LogP contribution in [0.1, 0.15) is 44.9 Å². The number of carbonyl (C=O) groups is 2. The van der Waals surface area contributed by atoms with Crippen LogP contribution < -0.4 is 11.1 Å². The Hall–Kier alpha value is -1.18. The summed E-state index contributed by atoms with van der Waals surface area (Å²) in [7, 11) is 0. The Bertz CT molecular complexity index is 465. The lowest BCUT2D eigenvalue weighted by Gasteiger charge is -2.40. The fraction of sp³-hybridized carbons (Fsp3) is 0.889. The van der Waals surface area contributed by atoms with Crippen molar-refractivity contribution in [3.05, 3.63) is 0 Å². The van der Waals surface area contributed by atoms with Crippen molar-refractivity contribution in [2.45, 2.75) is 56.5 Å². The summed E-state index contributed by atoms with van der Waals surface area (Å²) in [5, 5.41) is 3.16. The predicted octanol–water partition coefficient (Wildman–Crippen LogP) is 0.0874. The maximum atomic E-state index is 12.7. The van der Waals surface area contributed by atoms with Gasteiger partial charge in [-0.15, -0.1) is 0 Å². The zero-order chi connectivity index (χ0) is 17.7. The number of carbonyl (C=O) groups excluding carboxylic acids is 2. The van der Waals surface area contributed by atoms with Crippen LogP contribution in [0.4, 0.5) is 0 Å². The highest BCUT2D eigenvalue weighted by Gasteiger charge is 2.39. The summed E-state index contributed by atoms with van der Waals surface area (Å²) >= 11 is 0. The first-order valence-electron chi connectivity index (χ1n) is 9.74. The number of amides is 2. The van der Waals surface area contributed by atoms with E-state index in [2.05, 4.69) is 10.2 Å². The highest BCUT2D eigenvalue weighted by atomic mass is 16.5. The van der Waals surface area contributed by atoms with Gasteiger partial charge in [-0.2, -0.15) is 0 Å². The number of nitrogens with two attached hydrogens (primary N) is 1. The SMILES string of the molecule is NC1(C(=O)N2CCN(CC(=O)NC3CCCCC3)CC2)CCOCC1. The summed E-state index contributed by atoms with van der Waals surface area (Å²) in [6.07, 6.45) is 7.13. The average Bonchev–Trinajstić information content (AvgIpc) is 2.63. The van der Waals surface area contributed by atoms with Crippen LogP contribution in [0.15, 0.2) is 0 Å². The average molecular weight is 352 g/mol. The highest BCUT2D eigenvalue weighted by molar-refractivity contribution is 5.86. The Morgan fingerprint density at radius 3 is 2.32 bits per heavy atom.